The lowest BCUT2D eigenvalue weighted by molar-refractivity contribution is 0.0932. The summed E-state index contributed by atoms with van der Waals surface area (Å²) in [5.74, 6) is -0.221. The van der Waals surface area contributed by atoms with Crippen LogP contribution in [0.3, 0.4) is 0 Å². The van der Waals surface area contributed by atoms with Crippen LogP contribution in [0.15, 0.2) is 23.1 Å². The first-order chi connectivity index (χ1) is 9.88. The zero-order valence-electron chi connectivity index (χ0n) is 12.1. The summed E-state index contributed by atoms with van der Waals surface area (Å²) in [5.41, 5.74) is 1.12. The number of aryl methyl sites for hydroxylation is 1. The van der Waals surface area contributed by atoms with Crippen molar-refractivity contribution >= 4 is 25.6 Å². The molecule has 21 heavy (non-hydrogen) atoms. The molecule has 116 valence electrons. The predicted octanol–water partition coefficient (Wildman–Crippen LogP) is 3.38. The third-order valence-electron chi connectivity index (χ3n) is 3.93. The van der Waals surface area contributed by atoms with E-state index in [9.17, 15) is 13.2 Å². The first kappa shape index (κ1) is 16.3. The van der Waals surface area contributed by atoms with Crippen LogP contribution < -0.4 is 5.32 Å². The number of carbonyl (C=O) groups is 1. The molecular formula is C15H20ClNO3S. The van der Waals surface area contributed by atoms with Gasteiger partial charge in [0.1, 0.15) is 0 Å². The molecule has 0 unspecified atom stereocenters. The molecule has 0 bridgehead atoms. The van der Waals surface area contributed by atoms with Gasteiger partial charge >= 0.3 is 0 Å². The van der Waals surface area contributed by atoms with Crippen LogP contribution in [-0.4, -0.2) is 20.4 Å². The SMILES string of the molecule is Cc1ccc(S(=O)(=O)Cl)cc1C(=O)NC1CCCCCC1. The van der Waals surface area contributed by atoms with E-state index in [-0.39, 0.29) is 16.8 Å². The van der Waals surface area contributed by atoms with Crippen molar-refractivity contribution in [2.45, 2.75) is 56.4 Å². The van der Waals surface area contributed by atoms with E-state index in [1.807, 2.05) is 0 Å². The largest absolute Gasteiger partial charge is 0.349 e. The van der Waals surface area contributed by atoms with Crippen LogP contribution in [0.25, 0.3) is 0 Å². The molecule has 6 heteroatoms. The zero-order valence-corrected chi connectivity index (χ0v) is 13.6. The molecule has 0 spiro atoms. The molecule has 0 saturated heterocycles. The van der Waals surface area contributed by atoms with E-state index in [2.05, 4.69) is 5.32 Å². The molecule has 1 fully saturated rings. The fourth-order valence-corrected chi connectivity index (χ4v) is 3.46. The van der Waals surface area contributed by atoms with E-state index in [1.165, 1.54) is 25.0 Å². The maximum atomic E-state index is 12.4. The van der Waals surface area contributed by atoms with E-state index < -0.39 is 9.05 Å². The van der Waals surface area contributed by atoms with Crippen molar-refractivity contribution in [1.29, 1.82) is 0 Å². The monoisotopic (exact) mass is 329 g/mol. The number of benzene rings is 1. The third-order valence-corrected chi connectivity index (χ3v) is 5.28. The normalized spacial score (nSPS) is 17.2. The highest BCUT2D eigenvalue weighted by Crippen LogP contribution is 2.21. The van der Waals surface area contributed by atoms with Crippen molar-refractivity contribution in [3.63, 3.8) is 0 Å². The van der Waals surface area contributed by atoms with Gasteiger partial charge in [0.2, 0.25) is 0 Å². The van der Waals surface area contributed by atoms with E-state index in [4.69, 9.17) is 10.7 Å². The first-order valence-electron chi connectivity index (χ1n) is 7.24. The van der Waals surface area contributed by atoms with Gasteiger partial charge in [-0.15, -0.1) is 0 Å². The van der Waals surface area contributed by atoms with Crippen molar-refractivity contribution in [1.82, 2.24) is 5.32 Å². The van der Waals surface area contributed by atoms with Crippen LogP contribution in [0.1, 0.15) is 54.4 Å². The molecule has 1 aliphatic rings. The number of rotatable bonds is 3. The Hall–Kier alpha value is -1.07. The Morgan fingerprint density at radius 3 is 2.38 bits per heavy atom. The first-order valence-corrected chi connectivity index (χ1v) is 9.55. The summed E-state index contributed by atoms with van der Waals surface area (Å²) in [6, 6.07) is 4.55. The van der Waals surface area contributed by atoms with Crippen molar-refractivity contribution in [2.75, 3.05) is 0 Å². The highest BCUT2D eigenvalue weighted by molar-refractivity contribution is 8.13. The predicted molar refractivity (Wildman–Crippen MR) is 83.2 cm³/mol. The molecule has 1 saturated carbocycles. The number of halogens is 1. The molecule has 0 heterocycles. The van der Waals surface area contributed by atoms with Crippen molar-refractivity contribution in [3.8, 4) is 0 Å². The van der Waals surface area contributed by atoms with Crippen molar-refractivity contribution < 1.29 is 13.2 Å². The van der Waals surface area contributed by atoms with E-state index in [0.717, 1.165) is 31.2 Å². The highest BCUT2D eigenvalue weighted by Gasteiger charge is 2.19. The second kappa shape index (κ2) is 6.79. The minimum atomic E-state index is -3.82. The molecule has 0 radical (unpaired) electrons. The summed E-state index contributed by atoms with van der Waals surface area (Å²) >= 11 is 0. The summed E-state index contributed by atoms with van der Waals surface area (Å²) in [6.45, 7) is 1.78. The zero-order chi connectivity index (χ0) is 15.5. The smallest absolute Gasteiger partial charge is 0.261 e. The van der Waals surface area contributed by atoms with Gasteiger partial charge < -0.3 is 5.32 Å². The lowest BCUT2D eigenvalue weighted by Gasteiger charge is -2.17. The van der Waals surface area contributed by atoms with Gasteiger partial charge in [-0.1, -0.05) is 31.7 Å². The molecule has 2 rings (SSSR count). The van der Waals surface area contributed by atoms with Crippen LogP contribution in [0.2, 0.25) is 0 Å². The number of hydrogen-bond donors (Lipinski definition) is 1. The molecule has 1 aromatic rings. The number of carbonyl (C=O) groups excluding carboxylic acids is 1. The quantitative estimate of drug-likeness (QED) is 0.683. The average Bonchev–Trinajstić information content (AvgIpc) is 2.66. The Balaban J connectivity index is 2.18. The molecule has 0 aliphatic heterocycles. The number of nitrogens with one attached hydrogen (secondary N) is 1. The van der Waals surface area contributed by atoms with Crippen LogP contribution in [-0.2, 0) is 9.05 Å². The molecule has 4 nitrogen and oxygen atoms in total. The van der Waals surface area contributed by atoms with Crippen molar-refractivity contribution in [2.24, 2.45) is 0 Å². The Labute approximate surface area is 130 Å². The highest BCUT2D eigenvalue weighted by atomic mass is 35.7. The van der Waals surface area contributed by atoms with Gasteiger partial charge in [-0.05, 0) is 37.5 Å². The number of hydrogen-bond acceptors (Lipinski definition) is 3. The second-order valence-electron chi connectivity index (χ2n) is 5.58. The van der Waals surface area contributed by atoms with Gasteiger partial charge in [-0.3, -0.25) is 4.79 Å². The minimum Gasteiger partial charge on any atom is -0.349 e. The van der Waals surface area contributed by atoms with Crippen LogP contribution in [0.4, 0.5) is 0 Å². The van der Waals surface area contributed by atoms with Gasteiger partial charge in [-0.25, -0.2) is 8.42 Å². The summed E-state index contributed by atoms with van der Waals surface area (Å²) in [6.07, 6.45) is 6.65. The fourth-order valence-electron chi connectivity index (χ4n) is 2.68. The minimum absolute atomic E-state index is 0.0409. The summed E-state index contributed by atoms with van der Waals surface area (Å²) in [4.78, 5) is 12.3. The van der Waals surface area contributed by atoms with Gasteiger partial charge in [0.25, 0.3) is 15.0 Å². The molecule has 1 N–H and O–H groups in total. The van der Waals surface area contributed by atoms with Gasteiger partial charge in [0.15, 0.2) is 0 Å². The number of amides is 1. The lowest BCUT2D eigenvalue weighted by atomic mass is 10.1. The van der Waals surface area contributed by atoms with Crippen LogP contribution in [0.5, 0.6) is 0 Å². The Bertz CT molecular complexity index is 620. The molecule has 1 aromatic carbocycles. The molecule has 0 atom stereocenters. The lowest BCUT2D eigenvalue weighted by Crippen LogP contribution is -2.34. The Morgan fingerprint density at radius 2 is 1.81 bits per heavy atom. The Morgan fingerprint density at radius 1 is 1.19 bits per heavy atom. The molecular weight excluding hydrogens is 310 g/mol. The van der Waals surface area contributed by atoms with Gasteiger partial charge in [0, 0.05) is 22.3 Å². The van der Waals surface area contributed by atoms with Gasteiger partial charge in [-0.2, -0.15) is 0 Å². The standard InChI is InChI=1S/C15H20ClNO3S/c1-11-8-9-13(21(16,19)20)10-14(11)15(18)17-12-6-4-2-3-5-7-12/h8-10,12H,2-7H2,1H3,(H,17,18). The molecule has 1 aliphatic carbocycles. The summed E-state index contributed by atoms with van der Waals surface area (Å²) in [5, 5.41) is 3.02. The maximum absolute atomic E-state index is 12.4. The fraction of sp³-hybridized carbons (Fsp3) is 0.533. The molecule has 1 amide bonds. The van der Waals surface area contributed by atoms with Crippen LogP contribution >= 0.6 is 10.7 Å². The average molecular weight is 330 g/mol. The second-order valence-corrected chi connectivity index (χ2v) is 8.14. The van der Waals surface area contributed by atoms with E-state index in [0.29, 0.717) is 5.56 Å². The Kier molecular flexibility index (Phi) is 5.27. The topological polar surface area (TPSA) is 63.2 Å². The van der Waals surface area contributed by atoms with Crippen LogP contribution in [0, 0.1) is 6.92 Å². The van der Waals surface area contributed by atoms with E-state index >= 15 is 0 Å². The molecule has 0 aromatic heterocycles. The third kappa shape index (κ3) is 4.45. The maximum Gasteiger partial charge on any atom is 0.261 e. The summed E-state index contributed by atoms with van der Waals surface area (Å²) in [7, 11) is 1.52. The van der Waals surface area contributed by atoms with E-state index in [1.54, 1.807) is 13.0 Å². The van der Waals surface area contributed by atoms with Gasteiger partial charge in [0.05, 0.1) is 4.90 Å². The van der Waals surface area contributed by atoms with Crippen molar-refractivity contribution in [3.05, 3.63) is 29.3 Å². The summed E-state index contributed by atoms with van der Waals surface area (Å²) < 4.78 is 22.8.